The van der Waals surface area contributed by atoms with Gasteiger partial charge in [0, 0.05) is 0 Å². The lowest BCUT2D eigenvalue weighted by atomic mass is 9.93. The van der Waals surface area contributed by atoms with E-state index in [4.69, 9.17) is 152 Å². The summed E-state index contributed by atoms with van der Waals surface area (Å²) in [6.45, 7) is 38.4. The summed E-state index contributed by atoms with van der Waals surface area (Å²) in [5.74, 6) is -23.8. The van der Waals surface area contributed by atoms with E-state index < -0.39 is 311 Å². The molecule has 0 saturated carbocycles. The van der Waals surface area contributed by atoms with Crippen molar-refractivity contribution in [3.8, 4) is 0 Å². The third-order valence-electron chi connectivity index (χ3n) is 27.3. The zero-order valence-corrected chi connectivity index (χ0v) is 80.7. The first-order valence-electron chi connectivity index (χ1n) is 46.4. The van der Waals surface area contributed by atoms with Gasteiger partial charge in [-0.1, -0.05) is 30.3 Å². The van der Waals surface area contributed by atoms with Crippen molar-refractivity contribution >= 4 is 41.6 Å². The third kappa shape index (κ3) is 18.0. The van der Waals surface area contributed by atoms with Crippen molar-refractivity contribution in [2.75, 3.05) is 46.8 Å². The first-order valence-corrected chi connectivity index (χ1v) is 46.4. The molecule has 0 aliphatic carbocycles. The van der Waals surface area contributed by atoms with Gasteiger partial charge in [0.15, 0.2) is 86.6 Å². The van der Waals surface area contributed by atoms with Crippen molar-refractivity contribution in [3.05, 3.63) is 35.9 Å². The highest BCUT2D eigenvalue weighted by molar-refractivity contribution is 5.96. The minimum atomic E-state index is -3.01. The van der Waals surface area contributed by atoms with Crippen molar-refractivity contribution < 1.29 is 185 Å². The number of hydrogen-bond acceptors (Lipinski definition) is 39. The van der Waals surface area contributed by atoms with Crippen LogP contribution in [0.3, 0.4) is 0 Å². The molecule has 18 heterocycles. The van der Waals surface area contributed by atoms with Crippen molar-refractivity contribution in [2.24, 2.45) is 0 Å². The Kier molecular flexibility index (Phi) is 23.8. The fraction of sp³-hybridized carbons (Fsp3) is 0.856. The lowest BCUT2D eigenvalue weighted by molar-refractivity contribution is -0.247. The minimum Gasteiger partial charge on any atom is -0.469 e. The Bertz CT molecular complexity index is 4770. The fourth-order valence-electron chi connectivity index (χ4n) is 22.3. The van der Waals surface area contributed by atoms with Gasteiger partial charge < -0.3 is 178 Å². The van der Waals surface area contributed by atoms with Crippen molar-refractivity contribution in [1.82, 2.24) is 31.9 Å². The van der Waals surface area contributed by atoms with Gasteiger partial charge in [0.05, 0.1) is 66.0 Å². The Balaban J connectivity index is 0.734. The highest BCUT2D eigenvalue weighted by atomic mass is 16.9. The zero-order chi connectivity index (χ0) is 97.0. The summed E-state index contributed by atoms with van der Waals surface area (Å²) >= 11 is 0. The number of benzene rings is 1. The van der Waals surface area contributed by atoms with Crippen molar-refractivity contribution in [3.63, 3.8) is 0 Å². The summed E-state index contributed by atoms with van der Waals surface area (Å²) in [7, 11) is 1.15. The number of esters is 1. The Morgan fingerprint density at radius 2 is 0.504 bits per heavy atom. The standard InChI is InChI=1S/C90H130N6O39/c1-73(2)106-35-42(112-73)51-57-63(130-79(13,14)118-57)85(124-51,31-48(97)92-89(67-61(122-83(21,22)134-67)55(128-89)46-39-110-77(9,10)116-46)70(101)95-87(33-50(99)104-25)65-59(120-81(17,18)132-65)53(126-87)44-37-108-75(5,6)114-44)93-69(100)88(66-60(121-82(19,20)133-66)54(127-88)45-38-109-76(7,8)115-45)91-49(98)32-86(64-58(119-80(15,16)131-64)52(125-86)43-36-107-74(3,4)113-43)94-71(102)90(96-72(103)105-34-41-29-27-26-28-30-41)68-62(123-84(23,24)135-68)56(129-90)47-40-111-78(11,12)117-47/h26-30,42-47,51-68H,31-40H2,1-25H3,(H,91,98)(H,92,97)(H,93,100)(H,94,102)(H,95,101)(H,96,103). The number of ether oxygens (including phenoxy) is 32. The Labute approximate surface area is 780 Å². The van der Waals surface area contributed by atoms with Crippen LogP contribution in [0.15, 0.2) is 30.3 Å². The Morgan fingerprint density at radius 3 is 0.756 bits per heavy atom. The number of hydrogen-bond donors (Lipinski definition) is 6. The number of carbonyl (C=O) groups is 7. The molecular formula is C90H130N6O39. The normalized spacial score (nSPS) is 45.5. The number of nitrogens with one attached hydrogen (secondary N) is 6. The fourth-order valence-corrected chi connectivity index (χ4v) is 22.3. The maximum absolute atomic E-state index is 17.9. The SMILES string of the molecule is COC(=O)CC1(NC(=O)C2(NC(=O)CC3(NC(=O)C4(NC(=O)CC5(NC(=O)C6(NC(=O)OCc7ccccc7)OC(C7COC(C)(C)O7)C7OC(C)(C)OC76)OC(C6COC(C)(C)O6)C6OC(C)(C)OC65)OC(C5COC(C)(C)O5)C5OC(C)(C)OC54)OC(C4COC(C)(C)O4)C4OC(C)(C)OC43)OC(C3COC(C)(C)O3)C3OC(C)(C)OC32)OC(C2COC(C)(C)O2)C2OC(C)(C)OC21. The number of carbonyl (C=O) groups excluding carboxylic acids is 7. The summed E-state index contributed by atoms with van der Waals surface area (Å²) in [5, 5.41) is 17.7. The number of amides is 6. The molecule has 0 spiro atoms. The van der Waals surface area contributed by atoms with Crippen LogP contribution in [0.1, 0.15) is 191 Å². The second-order valence-electron chi connectivity index (χ2n) is 43.4. The highest BCUT2D eigenvalue weighted by Crippen LogP contribution is 2.57. The molecule has 754 valence electrons. The molecule has 19 rings (SSSR count). The molecule has 0 bridgehead atoms. The van der Waals surface area contributed by atoms with Gasteiger partial charge in [-0.05, 0) is 172 Å². The number of methoxy groups -OCH3 is 1. The average molecular weight is 1920 g/mol. The molecule has 45 heteroatoms. The van der Waals surface area contributed by atoms with E-state index in [1.165, 1.54) is 0 Å². The van der Waals surface area contributed by atoms with Gasteiger partial charge in [-0.15, -0.1) is 0 Å². The second-order valence-corrected chi connectivity index (χ2v) is 43.4. The summed E-state index contributed by atoms with van der Waals surface area (Å²) in [6.07, 6.45) is -35.5. The Morgan fingerprint density at radius 1 is 0.267 bits per heavy atom. The smallest absolute Gasteiger partial charge is 0.410 e. The largest absolute Gasteiger partial charge is 0.469 e. The van der Waals surface area contributed by atoms with E-state index in [0.29, 0.717) is 5.56 Å². The Hall–Kier alpha value is -5.89. The van der Waals surface area contributed by atoms with E-state index in [-0.39, 0.29) is 46.2 Å². The topological polar surface area (TPSA) is 487 Å². The summed E-state index contributed by atoms with van der Waals surface area (Å²) < 4.78 is 212. The van der Waals surface area contributed by atoms with Crippen molar-refractivity contribution in [1.29, 1.82) is 0 Å². The van der Waals surface area contributed by atoms with Gasteiger partial charge in [0.25, 0.3) is 34.9 Å². The maximum atomic E-state index is 17.9. The maximum Gasteiger partial charge on any atom is 0.410 e. The predicted octanol–water partition coefficient (Wildman–Crippen LogP) is 2.44. The number of rotatable bonds is 23. The monoisotopic (exact) mass is 1920 g/mol. The first kappa shape index (κ1) is 97.9. The van der Waals surface area contributed by atoms with Gasteiger partial charge in [0.1, 0.15) is 153 Å². The number of fused-ring (bicyclic) bond motifs is 6. The first-order chi connectivity index (χ1) is 62.6. The van der Waals surface area contributed by atoms with E-state index in [9.17, 15) is 9.59 Å². The molecule has 0 radical (unpaired) electrons. The van der Waals surface area contributed by atoms with Gasteiger partial charge >= 0.3 is 12.1 Å². The summed E-state index contributed by atoms with van der Waals surface area (Å²) in [5.41, 5.74) is -15.6. The van der Waals surface area contributed by atoms with Crippen LogP contribution in [0, 0.1) is 0 Å². The van der Waals surface area contributed by atoms with E-state index >= 15 is 24.0 Å². The van der Waals surface area contributed by atoms with Crippen LogP contribution in [0.4, 0.5) is 4.79 Å². The third-order valence-corrected chi connectivity index (χ3v) is 27.3. The molecule has 18 saturated heterocycles. The van der Waals surface area contributed by atoms with Crippen LogP contribution in [-0.4, -0.2) is 339 Å². The summed E-state index contributed by atoms with van der Waals surface area (Å²) in [6, 6.07) is 8.75. The molecule has 135 heavy (non-hydrogen) atoms. The van der Waals surface area contributed by atoms with Crippen LogP contribution >= 0.6 is 0 Å². The molecule has 45 nitrogen and oxygen atoms in total. The van der Waals surface area contributed by atoms with Crippen LogP contribution in [0.25, 0.3) is 0 Å². The molecule has 6 amide bonds. The molecule has 1 aromatic carbocycles. The second kappa shape index (κ2) is 32.8. The summed E-state index contributed by atoms with van der Waals surface area (Å²) in [4.78, 5) is 116. The predicted molar refractivity (Wildman–Crippen MR) is 444 cm³/mol. The van der Waals surface area contributed by atoms with Crippen molar-refractivity contribution in [2.45, 2.75) is 442 Å². The molecule has 18 aliphatic heterocycles. The molecule has 1 aromatic rings. The van der Waals surface area contributed by atoms with Crippen LogP contribution in [-0.2, 0) is 187 Å². The van der Waals surface area contributed by atoms with Crippen LogP contribution in [0.5, 0.6) is 0 Å². The van der Waals surface area contributed by atoms with E-state index in [1.807, 2.05) is 0 Å². The lowest BCUT2D eigenvalue weighted by Gasteiger charge is -2.42. The lowest BCUT2D eigenvalue weighted by Crippen LogP contribution is -2.73. The van der Waals surface area contributed by atoms with E-state index in [2.05, 4.69) is 31.9 Å². The zero-order valence-electron chi connectivity index (χ0n) is 80.7. The quantitative estimate of drug-likeness (QED) is 0.0857. The van der Waals surface area contributed by atoms with Crippen LogP contribution < -0.4 is 31.9 Å². The molecular weight excluding hydrogens is 1790 g/mol. The molecule has 30 atom stereocenters. The van der Waals surface area contributed by atoms with Gasteiger partial charge in [-0.3, -0.25) is 34.1 Å². The van der Waals surface area contributed by atoms with Gasteiger partial charge in [-0.2, -0.15) is 0 Å². The van der Waals surface area contributed by atoms with E-state index in [0.717, 1.165) is 7.11 Å². The van der Waals surface area contributed by atoms with Crippen LogP contribution in [0.2, 0.25) is 0 Å². The number of alkyl carbamates (subject to hydrolysis) is 1. The average Bonchev–Trinajstić information content (AvgIpc) is 1.58. The molecule has 18 fully saturated rings. The van der Waals surface area contributed by atoms with Gasteiger partial charge in [-0.25, -0.2) is 4.79 Å². The molecule has 30 unspecified atom stereocenters. The molecule has 6 N–H and O–H groups in total. The van der Waals surface area contributed by atoms with E-state index in [1.54, 1.807) is 197 Å². The highest BCUT2D eigenvalue weighted by Gasteiger charge is 2.79. The molecule has 0 aromatic heterocycles. The minimum absolute atomic E-state index is 0.0311. The molecule has 18 aliphatic rings. The van der Waals surface area contributed by atoms with Gasteiger partial charge in [0.2, 0.25) is 11.8 Å².